The number of halogens is 1. The van der Waals surface area contributed by atoms with E-state index in [0.717, 1.165) is 16.3 Å². The molecule has 4 nitrogen and oxygen atoms in total. The van der Waals surface area contributed by atoms with Crippen LogP contribution in [0.25, 0.3) is 10.8 Å². The molecule has 29 heavy (non-hydrogen) atoms. The largest absolute Gasteiger partial charge is 0.489 e. The van der Waals surface area contributed by atoms with Crippen LogP contribution in [-0.4, -0.2) is 29.2 Å². The number of thioether (sulfide) groups is 1. The summed E-state index contributed by atoms with van der Waals surface area (Å²) in [6, 6.07) is 18.1. The van der Waals surface area contributed by atoms with Crippen LogP contribution in [0.2, 0.25) is 0 Å². The first kappa shape index (κ1) is 19.6. The van der Waals surface area contributed by atoms with Gasteiger partial charge in [-0.3, -0.25) is 14.9 Å². The van der Waals surface area contributed by atoms with E-state index in [4.69, 9.17) is 4.74 Å². The van der Waals surface area contributed by atoms with Gasteiger partial charge in [0.1, 0.15) is 18.2 Å². The predicted molar refractivity (Wildman–Crippen MR) is 113 cm³/mol. The summed E-state index contributed by atoms with van der Waals surface area (Å²) >= 11 is 1.66. The lowest BCUT2D eigenvalue weighted by Gasteiger charge is -2.15. The molecule has 1 heterocycles. The highest BCUT2D eigenvalue weighted by atomic mass is 32.2. The van der Waals surface area contributed by atoms with Crippen LogP contribution in [0.4, 0.5) is 4.39 Å². The van der Waals surface area contributed by atoms with Crippen molar-refractivity contribution in [2.24, 2.45) is 0 Å². The first-order valence-corrected chi connectivity index (χ1v) is 10.4. The zero-order chi connectivity index (χ0) is 20.2. The third kappa shape index (κ3) is 4.49. The smallest absolute Gasteiger partial charge is 0.213 e. The molecule has 2 unspecified atom stereocenters. The zero-order valence-electron chi connectivity index (χ0n) is 15.6. The SMILES string of the molecule is O=CC(=O)C1NCSC1Cc1ccc2cc(OCc3ccccc3F)ccc2c1. The number of aldehydes is 1. The molecule has 0 amide bonds. The summed E-state index contributed by atoms with van der Waals surface area (Å²) in [5, 5.41) is 5.23. The first-order valence-electron chi connectivity index (χ1n) is 9.37. The van der Waals surface area contributed by atoms with Gasteiger partial charge in [-0.15, -0.1) is 11.8 Å². The number of Topliss-reactive ketones (excluding diaryl/α,β-unsaturated/α-hetero) is 1. The van der Waals surface area contributed by atoms with Crippen LogP contribution in [0.3, 0.4) is 0 Å². The number of nitrogens with one attached hydrogen (secondary N) is 1. The minimum absolute atomic E-state index is 0.0496. The summed E-state index contributed by atoms with van der Waals surface area (Å²) in [6.07, 6.45) is 1.11. The van der Waals surface area contributed by atoms with Crippen LogP contribution in [0.5, 0.6) is 5.75 Å². The van der Waals surface area contributed by atoms with Gasteiger partial charge in [-0.2, -0.15) is 0 Å². The topological polar surface area (TPSA) is 55.4 Å². The van der Waals surface area contributed by atoms with Gasteiger partial charge in [0.05, 0.1) is 6.04 Å². The highest BCUT2D eigenvalue weighted by Crippen LogP contribution is 2.28. The Labute approximate surface area is 172 Å². The molecular formula is C23H20FNO3S. The maximum absolute atomic E-state index is 13.7. The lowest BCUT2D eigenvalue weighted by molar-refractivity contribution is -0.131. The van der Waals surface area contributed by atoms with Gasteiger partial charge in [0, 0.05) is 16.7 Å². The maximum atomic E-state index is 13.7. The molecule has 0 bridgehead atoms. The van der Waals surface area contributed by atoms with E-state index < -0.39 is 11.8 Å². The highest BCUT2D eigenvalue weighted by Gasteiger charge is 2.32. The molecule has 1 fully saturated rings. The molecule has 3 aromatic rings. The van der Waals surface area contributed by atoms with Crippen molar-refractivity contribution in [2.75, 3.05) is 5.88 Å². The summed E-state index contributed by atoms with van der Waals surface area (Å²) in [4.78, 5) is 22.6. The Morgan fingerprint density at radius 3 is 2.76 bits per heavy atom. The Morgan fingerprint density at radius 1 is 1.14 bits per heavy atom. The fourth-order valence-electron chi connectivity index (χ4n) is 3.51. The van der Waals surface area contributed by atoms with Crippen molar-refractivity contribution >= 4 is 34.6 Å². The molecule has 0 aliphatic carbocycles. The van der Waals surface area contributed by atoms with Crippen molar-refractivity contribution in [1.82, 2.24) is 5.32 Å². The second-order valence-electron chi connectivity index (χ2n) is 6.98. The second-order valence-corrected chi connectivity index (χ2v) is 8.21. The molecule has 0 spiro atoms. The molecule has 3 aromatic carbocycles. The Bertz CT molecular complexity index is 1060. The molecule has 0 aromatic heterocycles. The van der Waals surface area contributed by atoms with Gasteiger partial charge < -0.3 is 4.74 Å². The average molecular weight is 409 g/mol. The monoisotopic (exact) mass is 409 g/mol. The van der Waals surface area contributed by atoms with Crippen molar-refractivity contribution in [3.63, 3.8) is 0 Å². The summed E-state index contributed by atoms with van der Waals surface area (Å²) in [6.45, 7) is 0.175. The standard InChI is InChI=1S/C23H20FNO3S/c24-20-4-2-1-3-18(20)13-28-19-8-7-16-9-15(5-6-17(16)11-19)10-22-23(21(27)12-26)25-14-29-22/h1-9,11-12,22-23,25H,10,13-14H2. The van der Waals surface area contributed by atoms with E-state index in [0.29, 0.717) is 29.9 Å². The molecular weight excluding hydrogens is 389 g/mol. The lowest BCUT2D eigenvalue weighted by Crippen LogP contribution is -2.39. The minimum atomic E-state index is -0.414. The van der Waals surface area contributed by atoms with Gasteiger partial charge in [-0.25, -0.2) is 4.39 Å². The highest BCUT2D eigenvalue weighted by molar-refractivity contribution is 8.00. The van der Waals surface area contributed by atoms with E-state index in [1.54, 1.807) is 30.0 Å². The van der Waals surface area contributed by atoms with E-state index >= 15 is 0 Å². The molecule has 1 saturated heterocycles. The number of fused-ring (bicyclic) bond motifs is 1. The number of rotatable bonds is 7. The number of ether oxygens (including phenoxy) is 1. The summed E-state index contributed by atoms with van der Waals surface area (Å²) < 4.78 is 19.5. The molecule has 1 N–H and O–H groups in total. The van der Waals surface area contributed by atoms with Crippen molar-refractivity contribution < 1.29 is 18.7 Å². The van der Waals surface area contributed by atoms with E-state index in [9.17, 15) is 14.0 Å². The van der Waals surface area contributed by atoms with Gasteiger partial charge in [0.15, 0.2) is 6.29 Å². The fourth-order valence-corrected chi connectivity index (χ4v) is 4.73. The van der Waals surface area contributed by atoms with Crippen LogP contribution in [-0.2, 0) is 22.6 Å². The van der Waals surface area contributed by atoms with Gasteiger partial charge in [0.2, 0.25) is 5.78 Å². The predicted octanol–water partition coefficient (Wildman–Crippen LogP) is 3.90. The zero-order valence-corrected chi connectivity index (χ0v) is 16.5. The van der Waals surface area contributed by atoms with E-state index in [2.05, 4.69) is 11.4 Å². The molecule has 2 atom stereocenters. The minimum Gasteiger partial charge on any atom is -0.489 e. The summed E-state index contributed by atoms with van der Waals surface area (Å²) in [7, 11) is 0. The maximum Gasteiger partial charge on any atom is 0.213 e. The Balaban J connectivity index is 1.46. The number of carbonyl (C=O) groups is 2. The molecule has 0 radical (unpaired) electrons. The molecule has 148 valence electrons. The van der Waals surface area contributed by atoms with Crippen LogP contribution < -0.4 is 10.1 Å². The molecule has 6 heteroatoms. The third-order valence-corrected chi connectivity index (χ3v) is 6.26. The van der Waals surface area contributed by atoms with Gasteiger partial charge in [0.25, 0.3) is 0 Å². The van der Waals surface area contributed by atoms with Crippen LogP contribution in [0, 0.1) is 5.82 Å². The van der Waals surface area contributed by atoms with Crippen molar-refractivity contribution in [2.45, 2.75) is 24.3 Å². The molecule has 4 rings (SSSR count). The number of ketones is 1. The van der Waals surface area contributed by atoms with Gasteiger partial charge in [-0.1, -0.05) is 42.5 Å². The van der Waals surface area contributed by atoms with Gasteiger partial charge >= 0.3 is 0 Å². The van der Waals surface area contributed by atoms with E-state index in [1.807, 2.05) is 30.3 Å². The average Bonchev–Trinajstić information content (AvgIpc) is 3.20. The van der Waals surface area contributed by atoms with Crippen molar-refractivity contribution in [3.8, 4) is 5.75 Å². The Kier molecular flexibility index (Phi) is 5.92. The van der Waals surface area contributed by atoms with Crippen molar-refractivity contribution in [1.29, 1.82) is 0 Å². The van der Waals surface area contributed by atoms with E-state index in [-0.39, 0.29) is 17.7 Å². The number of carbonyl (C=O) groups excluding carboxylic acids is 2. The Hall–Kier alpha value is -2.70. The summed E-state index contributed by atoms with van der Waals surface area (Å²) in [5.74, 6) is 0.687. The summed E-state index contributed by atoms with van der Waals surface area (Å²) in [5.41, 5.74) is 1.63. The molecule has 1 aliphatic rings. The van der Waals surface area contributed by atoms with E-state index in [1.165, 1.54) is 6.07 Å². The second kappa shape index (κ2) is 8.76. The van der Waals surface area contributed by atoms with Crippen molar-refractivity contribution in [3.05, 3.63) is 77.6 Å². The number of hydrogen-bond donors (Lipinski definition) is 1. The van der Waals surface area contributed by atoms with Gasteiger partial charge in [-0.05, 0) is 41.0 Å². The molecule has 1 aliphatic heterocycles. The van der Waals surface area contributed by atoms with Crippen LogP contribution >= 0.6 is 11.8 Å². The number of benzene rings is 3. The normalized spacial score (nSPS) is 18.7. The van der Waals surface area contributed by atoms with Crippen LogP contribution in [0.1, 0.15) is 11.1 Å². The lowest BCUT2D eigenvalue weighted by atomic mass is 9.99. The van der Waals surface area contributed by atoms with Crippen LogP contribution in [0.15, 0.2) is 60.7 Å². The third-order valence-electron chi connectivity index (χ3n) is 5.06. The molecule has 0 saturated carbocycles. The first-order chi connectivity index (χ1) is 14.1. The number of hydrogen-bond acceptors (Lipinski definition) is 5. The quantitative estimate of drug-likeness (QED) is 0.474. The fraction of sp³-hybridized carbons (Fsp3) is 0.217. The Morgan fingerprint density at radius 2 is 1.93 bits per heavy atom.